The van der Waals surface area contributed by atoms with Gasteiger partial charge in [0.2, 0.25) is 0 Å². The summed E-state index contributed by atoms with van der Waals surface area (Å²) in [5.41, 5.74) is 1.50. The molecule has 4 atom stereocenters. The SMILES string of the molecule is CC[NH+](CC)CC.O=C(Nc1ncnc2c1ncn2[C@H]1C[C@H](OC(=O)c2ccccc2)[C@@H](CO[P+](=O)[O-])O1)c1ccccc1. The Hall–Kier alpha value is -4.13. The average Bonchev–Trinajstić information content (AvgIpc) is 3.66. The predicted octanol–water partition coefficient (Wildman–Crippen LogP) is 2.56. The molecule has 232 valence electrons. The molecule has 3 heterocycles. The largest absolute Gasteiger partial charge is 0.566 e. The normalized spacial score (nSPS) is 18.0. The molecule has 1 fully saturated rings. The van der Waals surface area contributed by atoms with Gasteiger partial charge in [-0.25, -0.2) is 19.7 Å². The molecular formula is C30H36N6O7P+. The number of quaternary nitrogens is 1. The molecule has 5 rings (SSSR count). The van der Waals surface area contributed by atoms with Crippen LogP contribution in [0.1, 0.15) is 54.1 Å². The number of aromatic nitrogens is 4. The summed E-state index contributed by atoms with van der Waals surface area (Å²) in [5.74, 6) is -0.718. The van der Waals surface area contributed by atoms with Gasteiger partial charge in [-0.1, -0.05) is 36.4 Å². The van der Waals surface area contributed by atoms with Crippen LogP contribution in [0.2, 0.25) is 0 Å². The number of hydrogen-bond donors (Lipinski definition) is 2. The van der Waals surface area contributed by atoms with Crippen LogP contribution in [0.4, 0.5) is 5.82 Å². The Morgan fingerprint density at radius 3 is 2.23 bits per heavy atom. The first-order chi connectivity index (χ1) is 21.3. The first-order valence-corrected chi connectivity index (χ1v) is 15.5. The maximum absolute atomic E-state index is 12.6. The van der Waals surface area contributed by atoms with Gasteiger partial charge in [0.1, 0.15) is 31.4 Å². The topological polar surface area (TPSA) is 162 Å². The average molecular weight is 624 g/mol. The minimum Gasteiger partial charge on any atom is -0.566 e. The molecule has 2 N–H and O–H groups in total. The highest BCUT2D eigenvalue weighted by Gasteiger charge is 2.41. The number of esters is 1. The highest BCUT2D eigenvalue weighted by atomic mass is 31.1. The molecule has 1 aliphatic heterocycles. The van der Waals surface area contributed by atoms with E-state index in [1.807, 2.05) is 0 Å². The van der Waals surface area contributed by atoms with Crippen LogP contribution in [0.5, 0.6) is 0 Å². The number of hydrogen-bond acceptors (Lipinski definition) is 10. The fourth-order valence-electron chi connectivity index (χ4n) is 4.73. The van der Waals surface area contributed by atoms with Crippen LogP contribution in [0.3, 0.4) is 0 Å². The number of carbonyl (C=O) groups is 2. The lowest BCUT2D eigenvalue weighted by molar-refractivity contribution is -0.894. The Labute approximate surface area is 256 Å². The van der Waals surface area contributed by atoms with Crippen molar-refractivity contribution in [2.45, 2.75) is 45.6 Å². The summed E-state index contributed by atoms with van der Waals surface area (Å²) in [6.45, 7) is 10.2. The van der Waals surface area contributed by atoms with Crippen molar-refractivity contribution in [3.8, 4) is 0 Å². The molecular weight excluding hydrogens is 587 g/mol. The maximum Gasteiger partial charge on any atom is 0.488 e. The van der Waals surface area contributed by atoms with Gasteiger partial charge in [-0.05, 0) is 49.6 Å². The number of amides is 1. The molecule has 1 aliphatic rings. The van der Waals surface area contributed by atoms with E-state index in [0.717, 1.165) is 0 Å². The van der Waals surface area contributed by atoms with Crippen LogP contribution < -0.4 is 15.1 Å². The first kappa shape index (κ1) is 32.8. The summed E-state index contributed by atoms with van der Waals surface area (Å²) in [6.07, 6.45) is 0.570. The van der Waals surface area contributed by atoms with Gasteiger partial charge in [0.05, 0.1) is 31.5 Å². The fourth-order valence-corrected chi connectivity index (χ4v) is 5.00. The van der Waals surface area contributed by atoms with Crippen molar-refractivity contribution in [3.05, 3.63) is 84.4 Å². The van der Waals surface area contributed by atoms with Gasteiger partial charge < -0.3 is 24.6 Å². The van der Waals surface area contributed by atoms with Crippen LogP contribution in [0.15, 0.2) is 73.3 Å². The van der Waals surface area contributed by atoms with E-state index in [-0.39, 0.29) is 24.8 Å². The lowest BCUT2D eigenvalue weighted by atomic mass is 10.1. The van der Waals surface area contributed by atoms with Crippen LogP contribution in [-0.4, -0.2) is 69.8 Å². The van der Waals surface area contributed by atoms with Gasteiger partial charge in [-0.2, -0.15) is 0 Å². The zero-order chi connectivity index (χ0) is 31.5. The summed E-state index contributed by atoms with van der Waals surface area (Å²) >= 11 is 0. The number of imidazole rings is 1. The van der Waals surface area contributed by atoms with Crippen molar-refractivity contribution in [3.63, 3.8) is 0 Å². The zero-order valence-electron chi connectivity index (χ0n) is 24.8. The first-order valence-electron chi connectivity index (χ1n) is 14.4. The van der Waals surface area contributed by atoms with Gasteiger partial charge in [0.15, 0.2) is 17.0 Å². The molecule has 0 bridgehead atoms. The molecule has 1 saturated heterocycles. The monoisotopic (exact) mass is 623 g/mol. The number of fused-ring (bicyclic) bond motifs is 1. The van der Waals surface area contributed by atoms with Crippen LogP contribution in [0, 0.1) is 0 Å². The minimum atomic E-state index is -3.12. The van der Waals surface area contributed by atoms with Gasteiger partial charge in [0, 0.05) is 12.0 Å². The summed E-state index contributed by atoms with van der Waals surface area (Å²) < 4.78 is 29.0. The Morgan fingerprint density at radius 2 is 1.64 bits per heavy atom. The highest BCUT2D eigenvalue weighted by molar-refractivity contribution is 7.30. The molecule has 0 saturated carbocycles. The van der Waals surface area contributed by atoms with E-state index in [9.17, 15) is 19.0 Å². The molecule has 13 nitrogen and oxygen atoms in total. The maximum atomic E-state index is 12.6. The zero-order valence-corrected chi connectivity index (χ0v) is 25.7. The third kappa shape index (κ3) is 8.49. The Bertz CT molecular complexity index is 1530. The molecule has 2 aromatic carbocycles. The summed E-state index contributed by atoms with van der Waals surface area (Å²) in [6, 6.07) is 17.1. The Morgan fingerprint density at radius 1 is 1.00 bits per heavy atom. The third-order valence-corrected chi connectivity index (χ3v) is 7.59. The predicted molar refractivity (Wildman–Crippen MR) is 160 cm³/mol. The van der Waals surface area contributed by atoms with Crippen LogP contribution in [-0.2, 0) is 18.6 Å². The van der Waals surface area contributed by atoms with E-state index in [2.05, 4.69) is 41.0 Å². The quantitative estimate of drug-likeness (QED) is 0.188. The molecule has 1 amide bonds. The summed E-state index contributed by atoms with van der Waals surface area (Å²) in [5, 5.41) is 2.74. The van der Waals surface area contributed by atoms with E-state index < -0.39 is 32.7 Å². The second kappa shape index (κ2) is 16.1. The second-order valence-corrected chi connectivity index (χ2v) is 10.6. The molecule has 0 radical (unpaired) electrons. The number of ether oxygens (including phenoxy) is 2. The van der Waals surface area contributed by atoms with Crippen molar-refractivity contribution in [2.75, 3.05) is 31.6 Å². The minimum absolute atomic E-state index is 0.184. The Balaban J connectivity index is 0.000000566. The third-order valence-electron chi connectivity index (χ3n) is 7.23. The van der Waals surface area contributed by atoms with Gasteiger partial charge in [0.25, 0.3) is 5.91 Å². The number of rotatable bonds is 11. The highest BCUT2D eigenvalue weighted by Crippen LogP contribution is 2.35. The van der Waals surface area contributed by atoms with E-state index >= 15 is 0 Å². The van der Waals surface area contributed by atoms with Crippen molar-refractivity contribution >= 4 is 37.1 Å². The van der Waals surface area contributed by atoms with Crippen molar-refractivity contribution < 1.29 is 37.9 Å². The van der Waals surface area contributed by atoms with Crippen molar-refractivity contribution in [1.29, 1.82) is 0 Å². The standard InChI is InChI=1S/C24H20N5O7P.C6H15N/c30-23(15-7-3-1-4-8-15)28-21-20-22(26-13-25-21)29(14-27-20)19-11-17(18(35-19)12-34-37(32)33)36-24(31)16-9-5-2-6-10-16;1-4-7(5-2)6-3/h1-10,13-14,17-19H,11-12H2,(H,25,26,28,30);4-6H2,1-3H3/p+1/t17-,18+,19+;/m0./s1. The number of benzene rings is 2. The van der Waals surface area contributed by atoms with Crippen molar-refractivity contribution in [2.24, 2.45) is 0 Å². The molecule has 1 unspecified atom stereocenters. The van der Waals surface area contributed by atoms with Gasteiger partial charge in [-0.15, -0.1) is 4.52 Å². The van der Waals surface area contributed by atoms with E-state index in [1.165, 1.54) is 32.3 Å². The molecule has 0 aliphatic carbocycles. The molecule has 14 heteroatoms. The number of carbonyl (C=O) groups excluding carboxylic acids is 2. The number of nitrogens with zero attached hydrogens (tertiary/aromatic N) is 4. The smallest absolute Gasteiger partial charge is 0.488 e. The molecule has 44 heavy (non-hydrogen) atoms. The lowest BCUT2D eigenvalue weighted by Crippen LogP contribution is -3.11. The lowest BCUT2D eigenvalue weighted by Gasteiger charge is -2.16. The van der Waals surface area contributed by atoms with Gasteiger partial charge in [-0.3, -0.25) is 9.36 Å². The molecule has 0 spiro atoms. The van der Waals surface area contributed by atoms with Gasteiger partial charge >= 0.3 is 14.2 Å². The Kier molecular flexibility index (Phi) is 12.0. The number of anilines is 1. The van der Waals surface area contributed by atoms with Crippen LogP contribution >= 0.6 is 8.25 Å². The second-order valence-electron chi connectivity index (χ2n) is 9.87. The number of nitrogens with one attached hydrogen (secondary N) is 2. The van der Waals surface area contributed by atoms with E-state index in [4.69, 9.17) is 14.0 Å². The van der Waals surface area contributed by atoms with E-state index in [1.54, 1.807) is 70.1 Å². The summed E-state index contributed by atoms with van der Waals surface area (Å²) in [7, 11) is -3.12. The van der Waals surface area contributed by atoms with Crippen LogP contribution in [0.25, 0.3) is 11.2 Å². The fraction of sp³-hybridized carbons (Fsp3) is 0.367. The summed E-state index contributed by atoms with van der Waals surface area (Å²) in [4.78, 5) is 50.7. The van der Waals surface area contributed by atoms with E-state index in [0.29, 0.717) is 22.3 Å². The molecule has 2 aromatic heterocycles. The van der Waals surface area contributed by atoms with Crippen molar-refractivity contribution in [1.82, 2.24) is 19.5 Å². The molecule has 4 aromatic rings.